The molecule has 3 aromatic rings. The number of halogens is 4. The van der Waals surface area contributed by atoms with Gasteiger partial charge in [-0.05, 0) is 65.8 Å². The van der Waals surface area contributed by atoms with Gasteiger partial charge in [-0.1, -0.05) is 6.07 Å². The molecule has 0 bridgehead atoms. The van der Waals surface area contributed by atoms with Crippen LogP contribution in [0, 0.1) is 5.82 Å². The first-order valence-corrected chi connectivity index (χ1v) is 14.9. The molecular formula is C26H33F4N7O3S. The molecule has 2 heterocycles. The van der Waals surface area contributed by atoms with Crippen LogP contribution in [0.5, 0.6) is 0 Å². The second-order valence-electron chi connectivity index (χ2n) is 10.7. The van der Waals surface area contributed by atoms with Gasteiger partial charge in [0, 0.05) is 23.7 Å². The van der Waals surface area contributed by atoms with Gasteiger partial charge in [0.2, 0.25) is 16.0 Å². The molecule has 1 aliphatic carbocycles. The summed E-state index contributed by atoms with van der Waals surface area (Å²) in [5, 5.41) is 3.36. The molecule has 4 rings (SSSR count). The lowest BCUT2D eigenvalue weighted by atomic mass is 9.91. The Labute approximate surface area is 235 Å². The molecule has 1 aliphatic rings. The molecular weight excluding hydrogens is 566 g/mol. The summed E-state index contributed by atoms with van der Waals surface area (Å²) in [4.78, 5) is 29.1. The molecule has 0 unspecified atom stereocenters. The maximum Gasteiger partial charge on any atom is 0.390 e. The van der Waals surface area contributed by atoms with Gasteiger partial charge in [-0.25, -0.2) is 22.8 Å². The van der Waals surface area contributed by atoms with Crippen LogP contribution in [0.15, 0.2) is 29.2 Å². The minimum absolute atomic E-state index is 0.0573. The van der Waals surface area contributed by atoms with E-state index in [1.807, 2.05) is 4.72 Å². The topological polar surface area (TPSA) is 122 Å². The summed E-state index contributed by atoms with van der Waals surface area (Å²) < 4.78 is 79.4. The molecule has 0 saturated heterocycles. The van der Waals surface area contributed by atoms with Crippen molar-refractivity contribution in [3.8, 4) is 11.3 Å². The van der Waals surface area contributed by atoms with Crippen molar-refractivity contribution in [2.24, 2.45) is 0 Å². The van der Waals surface area contributed by atoms with Gasteiger partial charge in [-0.2, -0.15) is 18.2 Å². The highest BCUT2D eigenvalue weighted by atomic mass is 32.2. The summed E-state index contributed by atoms with van der Waals surface area (Å²) in [6, 6.07) is 3.61. The Balaban J connectivity index is 1.61. The lowest BCUT2D eigenvalue weighted by molar-refractivity contribution is -0.129. The van der Waals surface area contributed by atoms with Crippen molar-refractivity contribution in [1.82, 2.24) is 24.4 Å². The van der Waals surface area contributed by atoms with Crippen LogP contribution in [-0.2, 0) is 10.0 Å². The fraction of sp³-hybridized carbons (Fsp3) is 0.538. The Hall–Kier alpha value is -3.33. The number of anilines is 2. The summed E-state index contributed by atoms with van der Waals surface area (Å²) in [6.07, 6.45) is -0.765. The van der Waals surface area contributed by atoms with Crippen molar-refractivity contribution in [3.63, 3.8) is 0 Å². The monoisotopic (exact) mass is 599 g/mol. The minimum atomic E-state index is -4.68. The second kappa shape index (κ2) is 11.9. The molecule has 2 N–H and O–H groups in total. The maximum absolute atomic E-state index is 14.9. The number of sulfonamides is 1. The van der Waals surface area contributed by atoms with E-state index in [9.17, 15) is 30.8 Å². The number of nitrogens with zero attached hydrogens (tertiary/aromatic N) is 5. The minimum Gasteiger partial charge on any atom is -0.351 e. The number of hydrogen-bond donors (Lipinski definition) is 2. The molecule has 1 saturated carbocycles. The fourth-order valence-electron chi connectivity index (χ4n) is 4.87. The van der Waals surface area contributed by atoms with Gasteiger partial charge in [-0.15, -0.1) is 0 Å². The lowest BCUT2D eigenvalue weighted by Crippen LogP contribution is -2.36. The number of nitrogens with one attached hydrogen (secondary N) is 2. The zero-order chi connectivity index (χ0) is 30.1. The number of benzene rings is 1. The van der Waals surface area contributed by atoms with Crippen LogP contribution in [0.1, 0.15) is 52.0 Å². The predicted octanol–water partition coefficient (Wildman–Crippen LogP) is 4.55. The SMILES string of the molecule is CC(C)n1c(=O)c(-c2ccc(NS(=O)(=O)CCC(F)(F)F)c(F)c2)nc2cnc(N[C@H]3CC[C@H](N(C)C)CC3)nc21. The van der Waals surface area contributed by atoms with Crippen molar-refractivity contribution in [3.05, 3.63) is 40.6 Å². The number of fused-ring (bicyclic) bond motifs is 1. The van der Waals surface area contributed by atoms with Crippen molar-refractivity contribution >= 4 is 32.8 Å². The first-order chi connectivity index (χ1) is 19.1. The highest BCUT2D eigenvalue weighted by molar-refractivity contribution is 7.92. The summed E-state index contributed by atoms with van der Waals surface area (Å²) >= 11 is 0. The predicted molar refractivity (Wildman–Crippen MR) is 149 cm³/mol. The Morgan fingerprint density at radius 1 is 1.12 bits per heavy atom. The van der Waals surface area contributed by atoms with E-state index in [-0.39, 0.29) is 23.3 Å². The normalized spacial score (nSPS) is 18.3. The molecule has 41 heavy (non-hydrogen) atoms. The molecule has 0 amide bonds. The first kappa shape index (κ1) is 30.6. The third kappa shape index (κ3) is 7.50. The summed E-state index contributed by atoms with van der Waals surface area (Å²) in [5.41, 5.74) is -0.527. The number of rotatable bonds is 9. The first-order valence-electron chi connectivity index (χ1n) is 13.2. The van der Waals surface area contributed by atoms with Gasteiger partial charge < -0.3 is 10.2 Å². The maximum atomic E-state index is 14.9. The third-order valence-electron chi connectivity index (χ3n) is 7.07. The number of aromatic nitrogens is 4. The highest BCUT2D eigenvalue weighted by Gasteiger charge is 2.30. The van der Waals surface area contributed by atoms with Gasteiger partial charge in [0.15, 0.2) is 5.65 Å². The van der Waals surface area contributed by atoms with E-state index in [0.29, 0.717) is 23.2 Å². The Bertz CT molecular complexity index is 1570. The van der Waals surface area contributed by atoms with Gasteiger partial charge >= 0.3 is 6.18 Å². The van der Waals surface area contributed by atoms with E-state index < -0.39 is 45.4 Å². The van der Waals surface area contributed by atoms with Crippen molar-refractivity contribution in [1.29, 1.82) is 0 Å². The van der Waals surface area contributed by atoms with Crippen LogP contribution in [-0.4, -0.2) is 70.9 Å². The number of alkyl halides is 3. The Morgan fingerprint density at radius 2 is 1.80 bits per heavy atom. The van der Waals surface area contributed by atoms with Gasteiger partial charge in [0.05, 0.1) is 24.1 Å². The van der Waals surface area contributed by atoms with Crippen molar-refractivity contribution in [2.75, 3.05) is 29.9 Å². The molecule has 0 aliphatic heterocycles. The Kier molecular flexibility index (Phi) is 8.87. The van der Waals surface area contributed by atoms with Gasteiger partial charge in [0.1, 0.15) is 17.0 Å². The highest BCUT2D eigenvalue weighted by Crippen LogP contribution is 2.27. The zero-order valence-corrected chi connectivity index (χ0v) is 24.0. The zero-order valence-electron chi connectivity index (χ0n) is 23.2. The molecule has 0 spiro atoms. The van der Waals surface area contributed by atoms with Crippen LogP contribution in [0.2, 0.25) is 0 Å². The van der Waals surface area contributed by atoms with Gasteiger partial charge in [-0.3, -0.25) is 14.1 Å². The van der Waals surface area contributed by atoms with Crippen LogP contribution in [0.25, 0.3) is 22.4 Å². The lowest BCUT2D eigenvalue weighted by Gasteiger charge is -2.32. The van der Waals surface area contributed by atoms with Crippen LogP contribution < -0.4 is 15.6 Å². The second-order valence-corrected chi connectivity index (χ2v) is 12.6. The summed E-state index contributed by atoms with van der Waals surface area (Å²) in [6.45, 7) is 3.59. The smallest absolute Gasteiger partial charge is 0.351 e. The molecule has 224 valence electrons. The van der Waals surface area contributed by atoms with E-state index in [1.54, 1.807) is 13.8 Å². The van der Waals surface area contributed by atoms with Gasteiger partial charge in [0.25, 0.3) is 5.56 Å². The van der Waals surface area contributed by atoms with Crippen LogP contribution in [0.4, 0.5) is 29.2 Å². The molecule has 1 fully saturated rings. The molecule has 0 atom stereocenters. The average molecular weight is 600 g/mol. The van der Waals surface area contributed by atoms with E-state index in [1.165, 1.54) is 16.8 Å². The molecule has 0 radical (unpaired) electrons. The average Bonchev–Trinajstić information content (AvgIpc) is 2.88. The molecule has 15 heteroatoms. The summed E-state index contributed by atoms with van der Waals surface area (Å²) in [5.74, 6) is -1.95. The molecule has 1 aromatic carbocycles. The van der Waals surface area contributed by atoms with E-state index in [2.05, 4.69) is 39.3 Å². The standard InChI is InChI=1S/C26H33F4N7O3S/c1-15(2)37-23-21(14-31-25(34-23)32-17-6-8-18(9-7-17)36(3)4)33-22(24(37)38)16-5-10-20(19(27)13-16)35-41(39,40)12-11-26(28,29)30/h5,10,13-15,17-18,35H,6-9,11-12H2,1-4H3,(H,31,32,34)/t17-,18-. The van der Waals surface area contributed by atoms with Crippen molar-refractivity contribution < 1.29 is 26.0 Å². The number of hydrogen-bond acceptors (Lipinski definition) is 8. The van der Waals surface area contributed by atoms with E-state index >= 15 is 0 Å². The van der Waals surface area contributed by atoms with Crippen LogP contribution >= 0.6 is 0 Å². The quantitative estimate of drug-likeness (QED) is 0.344. The fourth-order valence-corrected chi connectivity index (χ4v) is 5.97. The molecule has 2 aromatic heterocycles. The van der Waals surface area contributed by atoms with Crippen molar-refractivity contribution in [2.45, 2.75) is 70.3 Å². The molecule has 10 nitrogen and oxygen atoms in total. The van der Waals surface area contributed by atoms with E-state index in [4.69, 9.17) is 0 Å². The third-order valence-corrected chi connectivity index (χ3v) is 8.34. The summed E-state index contributed by atoms with van der Waals surface area (Å²) in [7, 11) is -0.313. The largest absolute Gasteiger partial charge is 0.390 e. The van der Waals surface area contributed by atoms with Crippen LogP contribution in [0.3, 0.4) is 0 Å². The van der Waals surface area contributed by atoms with E-state index in [0.717, 1.165) is 37.8 Å². The Morgan fingerprint density at radius 3 is 2.39 bits per heavy atom.